The highest BCUT2D eigenvalue weighted by atomic mass is 31.2. The summed E-state index contributed by atoms with van der Waals surface area (Å²) in [5, 5.41) is 6.99. The monoisotopic (exact) mass is 307 g/mol. The van der Waals surface area contributed by atoms with Crippen LogP contribution in [0.2, 0.25) is 0 Å². The van der Waals surface area contributed by atoms with Crippen molar-refractivity contribution in [1.29, 1.82) is 0 Å². The van der Waals surface area contributed by atoms with Crippen molar-refractivity contribution < 1.29 is 23.9 Å². The van der Waals surface area contributed by atoms with Gasteiger partial charge in [0.1, 0.15) is 12.6 Å². The summed E-state index contributed by atoms with van der Waals surface area (Å²) in [6.07, 6.45) is -0.306. The molecule has 2 aliphatic rings. The van der Waals surface area contributed by atoms with Crippen molar-refractivity contribution in [1.82, 2.24) is 21.1 Å². The first-order valence-electron chi connectivity index (χ1n) is 5.99. The minimum atomic E-state index is -4.18. The molecule has 10 nitrogen and oxygen atoms in total. The molecule has 2 heterocycles. The minimum absolute atomic E-state index is 0.258. The number of nitrogens with one attached hydrogen (secondary N) is 3. The first kappa shape index (κ1) is 15.2. The Morgan fingerprint density at radius 3 is 2.95 bits per heavy atom. The van der Waals surface area contributed by atoms with E-state index in [1.54, 1.807) is 18.1 Å². The molecule has 1 amide bonds. The minimum Gasteiger partial charge on any atom is -0.365 e. The lowest BCUT2D eigenvalue weighted by atomic mass is 10.2. The number of hydrazine groups is 1. The van der Waals surface area contributed by atoms with Crippen molar-refractivity contribution >= 4 is 13.5 Å². The summed E-state index contributed by atoms with van der Waals surface area (Å²) in [6.45, 7) is 1.69. The molecule has 3 unspecified atom stereocenters. The van der Waals surface area contributed by atoms with Gasteiger partial charge in [-0.15, -0.1) is 0 Å². The van der Waals surface area contributed by atoms with E-state index < -0.39 is 32.5 Å². The Balaban J connectivity index is 1.90. The van der Waals surface area contributed by atoms with Gasteiger partial charge in [0.25, 0.3) is 5.91 Å². The Morgan fingerprint density at radius 1 is 1.60 bits per heavy atom. The van der Waals surface area contributed by atoms with E-state index in [9.17, 15) is 9.36 Å². The fourth-order valence-corrected chi connectivity index (χ4v) is 2.43. The maximum Gasteiger partial charge on any atom is 0.350 e. The van der Waals surface area contributed by atoms with Gasteiger partial charge in [0, 0.05) is 12.6 Å². The molecule has 3 atom stereocenters. The second kappa shape index (κ2) is 5.68. The van der Waals surface area contributed by atoms with Gasteiger partial charge in [-0.25, -0.2) is 0 Å². The Bertz CT molecular complexity index is 466. The number of hydrogen-bond acceptors (Lipinski definition) is 7. The molecule has 0 spiro atoms. The van der Waals surface area contributed by atoms with E-state index >= 15 is 0 Å². The van der Waals surface area contributed by atoms with Crippen LogP contribution in [0.3, 0.4) is 0 Å². The van der Waals surface area contributed by atoms with E-state index in [1.165, 1.54) is 0 Å². The first-order valence-corrected chi connectivity index (χ1v) is 7.78. The smallest absolute Gasteiger partial charge is 0.350 e. The number of nitrogens with two attached hydrogens (primary N) is 1. The van der Waals surface area contributed by atoms with Crippen LogP contribution in [0, 0.1) is 0 Å². The maximum atomic E-state index is 11.7. The number of rotatable bonds is 5. The predicted octanol–water partition coefficient (Wildman–Crippen LogP) is -2.13. The Kier molecular flexibility index (Phi) is 4.33. The number of carbonyl (C=O) groups excluding carboxylic acids is 1. The summed E-state index contributed by atoms with van der Waals surface area (Å²) < 4.78 is 15.8. The summed E-state index contributed by atoms with van der Waals surface area (Å²) in [7, 11) is -4.18. The summed E-state index contributed by atoms with van der Waals surface area (Å²) >= 11 is 0. The van der Waals surface area contributed by atoms with Crippen molar-refractivity contribution in [3.8, 4) is 0 Å². The second-order valence-corrected chi connectivity index (χ2v) is 6.25. The van der Waals surface area contributed by atoms with Crippen LogP contribution in [0.1, 0.15) is 13.3 Å². The molecule has 0 radical (unpaired) electrons. The lowest BCUT2D eigenvalue weighted by Gasteiger charge is -2.37. The van der Waals surface area contributed by atoms with Crippen LogP contribution in [-0.4, -0.2) is 45.6 Å². The molecule has 11 heteroatoms. The van der Waals surface area contributed by atoms with E-state index in [-0.39, 0.29) is 5.91 Å². The molecule has 0 bridgehead atoms. The fourth-order valence-electron chi connectivity index (χ4n) is 1.98. The van der Waals surface area contributed by atoms with Crippen LogP contribution >= 0.6 is 7.60 Å². The second-order valence-electron chi connectivity index (χ2n) is 4.67. The number of amides is 1. The zero-order valence-electron chi connectivity index (χ0n) is 10.8. The Morgan fingerprint density at radius 2 is 2.30 bits per heavy atom. The molecular weight excluding hydrogens is 289 g/mol. The molecule has 7 N–H and O–H groups in total. The average molecular weight is 307 g/mol. The van der Waals surface area contributed by atoms with Crippen molar-refractivity contribution in [2.75, 3.05) is 6.35 Å². The number of fused-ring (bicyclic) bond motifs is 1. The van der Waals surface area contributed by atoms with E-state index in [4.69, 9.17) is 20.3 Å². The quantitative estimate of drug-likeness (QED) is 0.313. The number of hydrogen-bond donors (Lipinski definition) is 6. The Hall–Kier alpha value is -1.16. The maximum absolute atomic E-state index is 11.7. The molecule has 0 saturated carbocycles. The third kappa shape index (κ3) is 3.69. The molecule has 1 saturated heterocycles. The zero-order valence-corrected chi connectivity index (χ0v) is 11.7. The van der Waals surface area contributed by atoms with E-state index in [2.05, 4.69) is 16.1 Å². The zero-order chi connectivity index (χ0) is 14.9. The lowest BCUT2D eigenvalue weighted by molar-refractivity contribution is -0.133. The number of ether oxygens (including phenoxy) is 1. The fraction of sp³-hybridized carbons (Fsp3) is 0.667. The molecule has 0 aromatic heterocycles. The molecule has 0 aliphatic carbocycles. The lowest BCUT2D eigenvalue weighted by Crippen LogP contribution is -2.70. The Labute approximate surface area is 115 Å². The van der Waals surface area contributed by atoms with Gasteiger partial charge in [-0.05, 0) is 6.92 Å². The van der Waals surface area contributed by atoms with Crippen LogP contribution in [0.5, 0.6) is 0 Å². The van der Waals surface area contributed by atoms with Crippen molar-refractivity contribution in [2.24, 2.45) is 5.73 Å². The predicted molar refractivity (Wildman–Crippen MR) is 68.2 cm³/mol. The molecule has 114 valence electrons. The van der Waals surface area contributed by atoms with Crippen LogP contribution in [0.25, 0.3) is 0 Å². The van der Waals surface area contributed by atoms with Gasteiger partial charge in [-0.3, -0.25) is 20.1 Å². The largest absolute Gasteiger partial charge is 0.365 e. The summed E-state index contributed by atoms with van der Waals surface area (Å²) in [4.78, 5) is 29.2. The highest BCUT2D eigenvalue weighted by molar-refractivity contribution is 7.51. The van der Waals surface area contributed by atoms with Gasteiger partial charge in [-0.2, -0.15) is 5.43 Å². The molecule has 2 aliphatic heterocycles. The SMILES string of the molecule is CC(CC1=CNC2C(=O)NC(N)NN12)OCP(=O)(O)O. The van der Waals surface area contributed by atoms with Gasteiger partial charge < -0.3 is 25.2 Å². The van der Waals surface area contributed by atoms with E-state index in [1.807, 2.05) is 0 Å². The third-order valence-electron chi connectivity index (χ3n) is 2.82. The van der Waals surface area contributed by atoms with Gasteiger partial charge in [0.2, 0.25) is 0 Å². The normalized spacial score (nSPS) is 27.5. The van der Waals surface area contributed by atoms with Gasteiger partial charge >= 0.3 is 7.60 Å². The van der Waals surface area contributed by atoms with E-state index in [0.717, 1.165) is 5.70 Å². The molecule has 1 fully saturated rings. The van der Waals surface area contributed by atoms with Crippen LogP contribution in [0.15, 0.2) is 11.9 Å². The van der Waals surface area contributed by atoms with Crippen LogP contribution in [0.4, 0.5) is 0 Å². The summed E-state index contributed by atoms with van der Waals surface area (Å²) in [5.41, 5.74) is 9.21. The van der Waals surface area contributed by atoms with Gasteiger partial charge in [0.05, 0.1) is 11.8 Å². The highest BCUT2D eigenvalue weighted by Crippen LogP contribution is 2.35. The van der Waals surface area contributed by atoms with Gasteiger partial charge in [-0.1, -0.05) is 0 Å². The number of carbonyl (C=O) groups is 1. The molecule has 0 aromatic rings. The van der Waals surface area contributed by atoms with Crippen LogP contribution in [-0.2, 0) is 14.1 Å². The highest BCUT2D eigenvalue weighted by Gasteiger charge is 2.37. The summed E-state index contributed by atoms with van der Waals surface area (Å²) in [5.74, 6) is -0.258. The summed E-state index contributed by atoms with van der Waals surface area (Å²) in [6, 6.07) is 0. The molecule has 20 heavy (non-hydrogen) atoms. The molecule has 0 aromatic carbocycles. The van der Waals surface area contributed by atoms with E-state index in [0.29, 0.717) is 6.42 Å². The standard InChI is InChI=1S/C9H18N5O5P/c1-5(19-4-20(16,17)18)2-6-3-11-7-8(15)12-9(10)13-14(6)7/h3,5,7,9,11,13H,2,4,10H2,1H3,(H,12,15)(H2,16,17,18). The van der Waals surface area contributed by atoms with Crippen molar-refractivity contribution in [3.63, 3.8) is 0 Å². The third-order valence-corrected chi connectivity index (χ3v) is 3.31. The average Bonchev–Trinajstić information content (AvgIpc) is 2.69. The first-order chi connectivity index (χ1) is 9.26. The molecule has 2 rings (SSSR count). The number of nitrogens with zero attached hydrogens (tertiary/aromatic N) is 1. The topological polar surface area (TPSA) is 149 Å². The van der Waals surface area contributed by atoms with Crippen LogP contribution < -0.4 is 21.8 Å². The van der Waals surface area contributed by atoms with Gasteiger partial charge in [0.15, 0.2) is 6.17 Å². The van der Waals surface area contributed by atoms with Crippen molar-refractivity contribution in [3.05, 3.63) is 11.9 Å². The molecular formula is C9H18N5O5P. The van der Waals surface area contributed by atoms with Crippen molar-refractivity contribution in [2.45, 2.75) is 31.9 Å².